The second-order valence-electron chi connectivity index (χ2n) is 3.42. The van der Waals surface area contributed by atoms with Gasteiger partial charge in [-0.25, -0.2) is 0 Å². The first kappa shape index (κ1) is 10.9. The smallest absolute Gasteiger partial charge is 0.295 e. The topological polar surface area (TPSA) is 49.7 Å². The molecular formula is C8H9ClN2O2S2. The number of thiophene rings is 1. The molecule has 0 fully saturated rings. The van der Waals surface area contributed by atoms with Crippen LogP contribution in [0.2, 0.25) is 4.34 Å². The Morgan fingerprint density at radius 2 is 2.20 bits per heavy atom. The second kappa shape index (κ2) is 3.47. The van der Waals surface area contributed by atoms with E-state index in [1.165, 1.54) is 6.34 Å². The van der Waals surface area contributed by atoms with Crippen molar-refractivity contribution in [1.82, 2.24) is 0 Å². The normalized spacial score (nSPS) is 18.3. The van der Waals surface area contributed by atoms with Crippen molar-refractivity contribution in [2.24, 2.45) is 4.40 Å². The van der Waals surface area contributed by atoms with Crippen LogP contribution in [0.15, 0.2) is 14.7 Å². The zero-order valence-corrected chi connectivity index (χ0v) is 10.5. The van der Waals surface area contributed by atoms with E-state index in [0.29, 0.717) is 10.0 Å². The van der Waals surface area contributed by atoms with Crippen molar-refractivity contribution in [2.45, 2.75) is 24.1 Å². The highest BCUT2D eigenvalue weighted by Crippen LogP contribution is 2.40. The molecule has 1 aliphatic rings. The number of hydrogen-bond acceptors (Lipinski definition) is 4. The number of sulfonamides is 1. The summed E-state index contributed by atoms with van der Waals surface area (Å²) in [6.45, 7) is 3.92. The Labute approximate surface area is 97.2 Å². The average Bonchev–Trinajstić information content (AvgIpc) is 2.47. The quantitative estimate of drug-likeness (QED) is 0.782. The van der Waals surface area contributed by atoms with Crippen LogP contribution in [0.25, 0.3) is 0 Å². The average molecular weight is 265 g/mol. The van der Waals surface area contributed by atoms with E-state index in [1.807, 2.05) is 13.8 Å². The largest absolute Gasteiger partial charge is 0.327 e. The molecule has 15 heavy (non-hydrogen) atoms. The molecule has 1 aromatic rings. The predicted octanol–water partition coefficient (Wildman–Crippen LogP) is 2.35. The van der Waals surface area contributed by atoms with Crippen LogP contribution in [-0.4, -0.2) is 20.8 Å². The molecule has 0 amide bonds. The number of rotatable bonds is 1. The van der Waals surface area contributed by atoms with Gasteiger partial charge >= 0.3 is 0 Å². The van der Waals surface area contributed by atoms with E-state index in [0.717, 1.165) is 11.3 Å². The Morgan fingerprint density at radius 1 is 1.53 bits per heavy atom. The summed E-state index contributed by atoms with van der Waals surface area (Å²) in [6, 6.07) is 1.80. The summed E-state index contributed by atoms with van der Waals surface area (Å²) in [5.74, 6) is 0. The van der Waals surface area contributed by atoms with Gasteiger partial charge in [-0.2, -0.15) is 8.42 Å². The first-order valence-electron chi connectivity index (χ1n) is 4.30. The zero-order chi connectivity index (χ0) is 11.2. The minimum atomic E-state index is -3.53. The Morgan fingerprint density at radius 3 is 2.80 bits per heavy atom. The van der Waals surface area contributed by atoms with Gasteiger partial charge in [0, 0.05) is 6.04 Å². The maximum Gasteiger partial charge on any atom is 0.295 e. The fourth-order valence-electron chi connectivity index (χ4n) is 1.34. The van der Waals surface area contributed by atoms with Gasteiger partial charge in [0.2, 0.25) is 0 Å². The Balaban J connectivity index is 2.64. The van der Waals surface area contributed by atoms with Gasteiger partial charge in [-0.05, 0) is 19.9 Å². The van der Waals surface area contributed by atoms with E-state index in [2.05, 4.69) is 4.40 Å². The van der Waals surface area contributed by atoms with Crippen molar-refractivity contribution in [1.29, 1.82) is 0 Å². The molecule has 0 radical (unpaired) electrons. The van der Waals surface area contributed by atoms with Crippen LogP contribution in [0.4, 0.5) is 5.69 Å². The lowest BCUT2D eigenvalue weighted by atomic mass is 10.3. The molecule has 0 spiro atoms. The van der Waals surface area contributed by atoms with Crippen LogP contribution in [0.5, 0.6) is 0 Å². The summed E-state index contributed by atoms with van der Waals surface area (Å²) in [6.07, 6.45) is 1.34. The molecule has 0 atom stereocenters. The molecule has 82 valence electrons. The molecule has 0 bridgehead atoms. The van der Waals surface area contributed by atoms with Gasteiger partial charge in [0.1, 0.15) is 6.34 Å². The standard InChI is InChI=1S/C8H9ClN2O2S2/c1-5(2)11-4-10-15(12,13)8-6(11)3-7(9)14-8/h3-5H,1-2H3. The van der Waals surface area contributed by atoms with Gasteiger partial charge in [-0.15, -0.1) is 15.7 Å². The van der Waals surface area contributed by atoms with Crippen molar-refractivity contribution in [3.8, 4) is 0 Å². The Kier molecular flexibility index (Phi) is 2.52. The van der Waals surface area contributed by atoms with E-state index >= 15 is 0 Å². The third-order valence-corrected chi connectivity index (χ3v) is 5.01. The van der Waals surface area contributed by atoms with Crippen molar-refractivity contribution < 1.29 is 8.42 Å². The van der Waals surface area contributed by atoms with Gasteiger partial charge in [0.05, 0.1) is 10.0 Å². The summed E-state index contributed by atoms with van der Waals surface area (Å²) < 4.78 is 27.4. The molecule has 0 N–H and O–H groups in total. The number of hydrogen-bond donors (Lipinski definition) is 0. The van der Waals surface area contributed by atoms with Crippen LogP contribution in [0, 0.1) is 0 Å². The lowest BCUT2D eigenvalue weighted by Gasteiger charge is -2.25. The number of anilines is 1. The van der Waals surface area contributed by atoms with Gasteiger partial charge in [0.15, 0.2) is 4.21 Å². The maximum atomic E-state index is 11.6. The van der Waals surface area contributed by atoms with E-state index in [1.54, 1.807) is 11.0 Å². The van der Waals surface area contributed by atoms with Crippen LogP contribution >= 0.6 is 22.9 Å². The van der Waals surface area contributed by atoms with Gasteiger partial charge < -0.3 is 4.90 Å². The fraction of sp³-hybridized carbons (Fsp3) is 0.375. The molecule has 0 aliphatic carbocycles. The summed E-state index contributed by atoms with van der Waals surface area (Å²) in [4.78, 5) is 1.79. The summed E-state index contributed by atoms with van der Waals surface area (Å²) in [7, 11) is -3.53. The van der Waals surface area contributed by atoms with Crippen molar-refractivity contribution >= 4 is 45.0 Å². The number of halogens is 1. The predicted molar refractivity (Wildman–Crippen MR) is 62.6 cm³/mol. The van der Waals surface area contributed by atoms with E-state index in [-0.39, 0.29) is 10.3 Å². The molecule has 2 heterocycles. The number of fused-ring (bicyclic) bond motifs is 1. The molecule has 0 unspecified atom stereocenters. The highest BCUT2D eigenvalue weighted by Gasteiger charge is 2.29. The summed E-state index contributed by atoms with van der Waals surface area (Å²) in [5.41, 5.74) is 0.620. The first-order chi connectivity index (χ1) is 6.92. The van der Waals surface area contributed by atoms with Crippen molar-refractivity contribution in [2.75, 3.05) is 4.90 Å². The minimum absolute atomic E-state index is 0.147. The molecule has 0 saturated heterocycles. The monoisotopic (exact) mass is 264 g/mol. The highest BCUT2D eigenvalue weighted by atomic mass is 35.5. The first-order valence-corrected chi connectivity index (χ1v) is 6.93. The molecular weight excluding hydrogens is 256 g/mol. The second-order valence-corrected chi connectivity index (χ2v) is 6.93. The molecule has 0 saturated carbocycles. The summed E-state index contributed by atoms with van der Waals surface area (Å²) in [5, 5.41) is 0. The van der Waals surface area contributed by atoms with Gasteiger partial charge in [-0.3, -0.25) is 0 Å². The SMILES string of the molecule is CC(C)N1C=NS(=O)(=O)c2sc(Cl)cc21. The zero-order valence-electron chi connectivity index (χ0n) is 8.14. The highest BCUT2D eigenvalue weighted by molar-refractivity contribution is 7.92. The van der Waals surface area contributed by atoms with Gasteiger partial charge in [0.25, 0.3) is 10.0 Å². The molecule has 0 aromatic carbocycles. The maximum absolute atomic E-state index is 11.6. The summed E-state index contributed by atoms with van der Waals surface area (Å²) >= 11 is 6.86. The lowest BCUT2D eigenvalue weighted by Crippen LogP contribution is -2.32. The molecule has 4 nitrogen and oxygen atoms in total. The molecule has 1 aromatic heterocycles. The molecule has 1 aliphatic heterocycles. The van der Waals surface area contributed by atoms with Crippen molar-refractivity contribution in [3.63, 3.8) is 0 Å². The van der Waals surface area contributed by atoms with E-state index in [9.17, 15) is 8.42 Å². The van der Waals surface area contributed by atoms with E-state index < -0.39 is 10.0 Å². The van der Waals surface area contributed by atoms with Crippen LogP contribution in [-0.2, 0) is 10.0 Å². The van der Waals surface area contributed by atoms with Crippen LogP contribution < -0.4 is 4.90 Å². The number of nitrogens with zero attached hydrogens (tertiary/aromatic N) is 2. The Bertz CT molecular complexity index is 519. The minimum Gasteiger partial charge on any atom is -0.327 e. The van der Waals surface area contributed by atoms with Crippen molar-refractivity contribution in [3.05, 3.63) is 10.4 Å². The van der Waals surface area contributed by atoms with Gasteiger partial charge in [-0.1, -0.05) is 11.6 Å². The third-order valence-electron chi connectivity index (χ3n) is 2.03. The van der Waals surface area contributed by atoms with Crippen LogP contribution in [0.3, 0.4) is 0 Å². The Hall–Kier alpha value is -0.590. The lowest BCUT2D eigenvalue weighted by molar-refractivity contribution is 0.598. The molecule has 7 heteroatoms. The van der Waals surface area contributed by atoms with Crippen LogP contribution in [0.1, 0.15) is 13.8 Å². The molecule has 2 rings (SSSR count). The fourth-order valence-corrected chi connectivity index (χ4v) is 3.99. The third kappa shape index (κ3) is 1.77. The van der Waals surface area contributed by atoms with E-state index in [4.69, 9.17) is 11.6 Å².